The van der Waals surface area contributed by atoms with E-state index in [1.165, 1.54) is 0 Å². The third-order valence-electron chi connectivity index (χ3n) is 4.22. The van der Waals surface area contributed by atoms with Gasteiger partial charge in [0.05, 0.1) is 19.8 Å². The average Bonchev–Trinajstić information content (AvgIpc) is 2.72. The molecule has 0 saturated carbocycles. The molecule has 1 aliphatic heterocycles. The van der Waals surface area contributed by atoms with Crippen LogP contribution in [-0.4, -0.2) is 56.4 Å². The summed E-state index contributed by atoms with van der Waals surface area (Å²) in [6.45, 7) is 5.54. The summed E-state index contributed by atoms with van der Waals surface area (Å²) in [4.78, 5) is 6.68. The van der Waals surface area contributed by atoms with Crippen LogP contribution in [0.1, 0.15) is 17.5 Å². The van der Waals surface area contributed by atoms with E-state index in [1.54, 1.807) is 6.20 Å². The number of rotatable bonds is 6. The first-order chi connectivity index (χ1) is 12.8. The van der Waals surface area contributed by atoms with Crippen LogP contribution < -0.4 is 10.1 Å². The van der Waals surface area contributed by atoms with Crippen LogP contribution in [0.3, 0.4) is 0 Å². The molecule has 26 heavy (non-hydrogen) atoms. The molecule has 0 spiro atoms. The maximum Gasteiger partial charge on any atom is 0.125 e. The van der Waals surface area contributed by atoms with E-state index in [9.17, 15) is 0 Å². The molecule has 1 aromatic heterocycles. The van der Waals surface area contributed by atoms with E-state index in [1.807, 2.05) is 43.4 Å². The Morgan fingerprint density at radius 2 is 1.81 bits per heavy atom. The van der Waals surface area contributed by atoms with Gasteiger partial charge < -0.3 is 14.8 Å². The first kappa shape index (κ1) is 18.2. The first-order valence-electron chi connectivity index (χ1n) is 9.02. The molecule has 0 radical (unpaired) electrons. The zero-order chi connectivity index (χ0) is 18.0. The van der Waals surface area contributed by atoms with Gasteiger partial charge in [-0.05, 0) is 42.8 Å². The Bertz CT molecular complexity index is 727. The first-order valence-corrected chi connectivity index (χ1v) is 9.02. The van der Waals surface area contributed by atoms with Gasteiger partial charge in [0.25, 0.3) is 0 Å². The lowest BCUT2D eigenvalue weighted by atomic mass is 10.2. The molecule has 2 aromatic rings. The van der Waals surface area contributed by atoms with Crippen LogP contribution in [0.25, 0.3) is 0 Å². The molecule has 1 aromatic carbocycles. The fourth-order valence-corrected chi connectivity index (χ4v) is 2.70. The van der Waals surface area contributed by atoms with Crippen LogP contribution in [0.4, 0.5) is 5.82 Å². The summed E-state index contributed by atoms with van der Waals surface area (Å²) in [6, 6.07) is 11.8. The van der Waals surface area contributed by atoms with Gasteiger partial charge in [0, 0.05) is 44.0 Å². The van der Waals surface area contributed by atoms with Gasteiger partial charge in [0.2, 0.25) is 0 Å². The largest absolute Gasteiger partial charge is 0.494 e. The highest BCUT2D eigenvalue weighted by Crippen LogP contribution is 2.12. The normalized spacial score (nSPS) is 14.3. The Labute approximate surface area is 155 Å². The van der Waals surface area contributed by atoms with Crippen molar-refractivity contribution in [3.63, 3.8) is 0 Å². The summed E-state index contributed by atoms with van der Waals surface area (Å²) in [7, 11) is 1.85. The molecule has 0 amide bonds. The molecule has 5 heteroatoms. The van der Waals surface area contributed by atoms with Gasteiger partial charge >= 0.3 is 0 Å². The zero-order valence-corrected chi connectivity index (χ0v) is 15.2. The van der Waals surface area contributed by atoms with E-state index in [0.29, 0.717) is 0 Å². The third kappa shape index (κ3) is 5.76. The summed E-state index contributed by atoms with van der Waals surface area (Å²) >= 11 is 0. The Hall–Kier alpha value is -2.55. The standard InChI is InChI=1S/C21H25N3O2/c1-22-21-10-7-19(17-23-21)4-3-18-5-8-20(9-6-18)26-14-2-11-24-12-15-25-16-13-24/h5-10,17H,2,11-16H2,1H3,(H,22,23). The summed E-state index contributed by atoms with van der Waals surface area (Å²) in [5.74, 6) is 8.00. The number of hydrogen-bond donors (Lipinski definition) is 1. The van der Waals surface area contributed by atoms with Crippen LogP contribution in [0.2, 0.25) is 0 Å². The van der Waals surface area contributed by atoms with Crippen molar-refractivity contribution in [1.82, 2.24) is 9.88 Å². The second-order valence-corrected chi connectivity index (χ2v) is 6.11. The lowest BCUT2D eigenvalue weighted by Crippen LogP contribution is -2.37. The Kier molecular flexibility index (Phi) is 6.88. The van der Waals surface area contributed by atoms with Crippen molar-refractivity contribution in [3.8, 4) is 17.6 Å². The van der Waals surface area contributed by atoms with Gasteiger partial charge in [-0.2, -0.15) is 0 Å². The maximum absolute atomic E-state index is 5.82. The number of anilines is 1. The number of morpholine rings is 1. The summed E-state index contributed by atoms with van der Waals surface area (Å²) < 4.78 is 11.2. The van der Waals surface area contributed by atoms with E-state index >= 15 is 0 Å². The molecule has 0 aliphatic carbocycles. The number of benzene rings is 1. The van der Waals surface area contributed by atoms with Gasteiger partial charge in [-0.25, -0.2) is 4.98 Å². The Balaban J connectivity index is 1.43. The minimum absolute atomic E-state index is 0.728. The number of nitrogens with one attached hydrogen (secondary N) is 1. The average molecular weight is 351 g/mol. The molecule has 0 bridgehead atoms. The van der Waals surface area contributed by atoms with E-state index in [2.05, 4.69) is 27.0 Å². The molecule has 3 rings (SSSR count). The monoisotopic (exact) mass is 351 g/mol. The molecule has 5 nitrogen and oxygen atoms in total. The zero-order valence-electron chi connectivity index (χ0n) is 15.2. The van der Waals surface area contributed by atoms with Crippen LogP contribution >= 0.6 is 0 Å². The van der Waals surface area contributed by atoms with Gasteiger partial charge in [0.1, 0.15) is 11.6 Å². The number of nitrogens with zero attached hydrogens (tertiary/aromatic N) is 2. The number of hydrogen-bond acceptors (Lipinski definition) is 5. The van der Waals surface area contributed by atoms with Crippen molar-refractivity contribution < 1.29 is 9.47 Å². The Morgan fingerprint density at radius 3 is 2.50 bits per heavy atom. The van der Waals surface area contributed by atoms with Crippen molar-refractivity contribution in [2.24, 2.45) is 0 Å². The second kappa shape index (κ2) is 9.81. The van der Waals surface area contributed by atoms with Gasteiger partial charge in [0.15, 0.2) is 0 Å². The summed E-state index contributed by atoms with van der Waals surface area (Å²) in [6.07, 6.45) is 2.79. The van der Waals surface area contributed by atoms with E-state index in [-0.39, 0.29) is 0 Å². The predicted octanol–water partition coefficient (Wildman–Crippen LogP) is 2.62. The van der Waals surface area contributed by atoms with Crippen LogP contribution in [0, 0.1) is 11.8 Å². The molecular formula is C21H25N3O2. The fourth-order valence-electron chi connectivity index (χ4n) is 2.70. The molecule has 1 saturated heterocycles. The van der Waals surface area contributed by atoms with Crippen molar-refractivity contribution in [2.75, 3.05) is 51.8 Å². The maximum atomic E-state index is 5.82. The predicted molar refractivity (Wildman–Crippen MR) is 104 cm³/mol. The highest BCUT2D eigenvalue weighted by atomic mass is 16.5. The summed E-state index contributed by atoms with van der Waals surface area (Å²) in [5.41, 5.74) is 1.86. The Morgan fingerprint density at radius 1 is 1.08 bits per heavy atom. The third-order valence-corrected chi connectivity index (χ3v) is 4.22. The molecule has 1 fully saturated rings. The SMILES string of the molecule is CNc1ccc(C#Cc2ccc(OCCCN3CCOCC3)cc2)cn1. The molecule has 1 N–H and O–H groups in total. The molecule has 2 heterocycles. The minimum atomic E-state index is 0.728. The van der Waals surface area contributed by atoms with Crippen molar-refractivity contribution in [1.29, 1.82) is 0 Å². The van der Waals surface area contributed by atoms with E-state index in [0.717, 1.165) is 68.6 Å². The van der Waals surface area contributed by atoms with E-state index in [4.69, 9.17) is 9.47 Å². The number of ether oxygens (including phenoxy) is 2. The smallest absolute Gasteiger partial charge is 0.125 e. The van der Waals surface area contributed by atoms with Crippen molar-refractivity contribution in [3.05, 3.63) is 53.7 Å². The lowest BCUT2D eigenvalue weighted by molar-refractivity contribution is 0.0358. The summed E-state index contributed by atoms with van der Waals surface area (Å²) in [5, 5.41) is 2.99. The van der Waals surface area contributed by atoms with Gasteiger partial charge in [-0.1, -0.05) is 11.8 Å². The molecule has 136 valence electrons. The van der Waals surface area contributed by atoms with Crippen molar-refractivity contribution in [2.45, 2.75) is 6.42 Å². The second-order valence-electron chi connectivity index (χ2n) is 6.11. The quantitative estimate of drug-likeness (QED) is 0.640. The molecular weight excluding hydrogens is 326 g/mol. The minimum Gasteiger partial charge on any atom is -0.494 e. The fraction of sp³-hybridized carbons (Fsp3) is 0.381. The molecule has 0 atom stereocenters. The van der Waals surface area contributed by atoms with Crippen LogP contribution in [0.5, 0.6) is 5.75 Å². The highest BCUT2D eigenvalue weighted by Gasteiger charge is 2.09. The highest BCUT2D eigenvalue weighted by molar-refractivity contribution is 5.45. The van der Waals surface area contributed by atoms with Gasteiger partial charge in [-0.15, -0.1) is 0 Å². The molecule has 1 aliphatic rings. The van der Waals surface area contributed by atoms with Crippen LogP contribution in [0.15, 0.2) is 42.6 Å². The van der Waals surface area contributed by atoms with E-state index < -0.39 is 0 Å². The topological polar surface area (TPSA) is 46.6 Å². The van der Waals surface area contributed by atoms with Crippen LogP contribution in [-0.2, 0) is 4.74 Å². The molecule has 0 unspecified atom stereocenters. The van der Waals surface area contributed by atoms with Crippen molar-refractivity contribution >= 4 is 5.82 Å². The number of aromatic nitrogens is 1. The number of pyridine rings is 1. The van der Waals surface area contributed by atoms with Gasteiger partial charge in [-0.3, -0.25) is 4.90 Å². The lowest BCUT2D eigenvalue weighted by Gasteiger charge is -2.26.